The van der Waals surface area contributed by atoms with Crippen LogP contribution >= 0.6 is 0 Å². The molecule has 0 saturated heterocycles. The molecule has 0 atom stereocenters. The van der Waals surface area contributed by atoms with Crippen LogP contribution in [0.1, 0.15) is 11.4 Å². The number of hydrogen-bond acceptors (Lipinski definition) is 4. The zero-order valence-corrected chi connectivity index (χ0v) is 10.6. The molecule has 0 aliphatic heterocycles. The van der Waals surface area contributed by atoms with Gasteiger partial charge in [0.1, 0.15) is 17.3 Å². The number of ether oxygens (including phenoxy) is 2. The van der Waals surface area contributed by atoms with Crippen LogP contribution in [-0.4, -0.2) is 23.8 Å². The van der Waals surface area contributed by atoms with Crippen LogP contribution in [0.3, 0.4) is 0 Å². The van der Waals surface area contributed by atoms with Crippen molar-refractivity contribution in [2.24, 2.45) is 5.73 Å². The fraction of sp³-hybridized carbons (Fsp3) is 0.308. The molecule has 2 N–H and O–H groups in total. The maximum atomic E-state index is 5.64. The Hall–Kier alpha value is -2.01. The van der Waals surface area contributed by atoms with E-state index in [1.807, 2.05) is 29.0 Å². The van der Waals surface area contributed by atoms with E-state index < -0.39 is 0 Å². The third kappa shape index (κ3) is 2.46. The Morgan fingerprint density at radius 3 is 2.78 bits per heavy atom. The first-order chi connectivity index (χ1) is 8.78. The van der Waals surface area contributed by atoms with Crippen LogP contribution < -0.4 is 15.2 Å². The molecule has 0 amide bonds. The minimum atomic E-state index is 0.416. The monoisotopic (exact) mass is 247 g/mol. The lowest BCUT2D eigenvalue weighted by Crippen LogP contribution is -2.09. The fourth-order valence-electron chi connectivity index (χ4n) is 1.86. The number of benzene rings is 1. The molecule has 2 rings (SSSR count). The first-order valence-electron chi connectivity index (χ1n) is 5.69. The van der Waals surface area contributed by atoms with Crippen molar-refractivity contribution in [2.75, 3.05) is 14.2 Å². The minimum absolute atomic E-state index is 0.416. The summed E-state index contributed by atoms with van der Waals surface area (Å²) in [6, 6.07) is 5.73. The quantitative estimate of drug-likeness (QED) is 0.867. The summed E-state index contributed by atoms with van der Waals surface area (Å²) in [5.74, 6) is 2.48. The first kappa shape index (κ1) is 12.4. The Labute approximate surface area is 106 Å². The van der Waals surface area contributed by atoms with Gasteiger partial charge >= 0.3 is 0 Å². The molecule has 2 aromatic rings. The second-order valence-electron chi connectivity index (χ2n) is 3.85. The second kappa shape index (κ2) is 5.55. The number of imidazole rings is 1. The molecule has 0 spiro atoms. The maximum Gasteiger partial charge on any atom is 0.124 e. The Kier molecular flexibility index (Phi) is 3.84. The molecule has 1 heterocycles. The Morgan fingerprint density at radius 1 is 1.28 bits per heavy atom. The molecule has 0 radical (unpaired) electrons. The highest BCUT2D eigenvalue weighted by molar-refractivity contribution is 5.40. The molecule has 0 bridgehead atoms. The molecule has 0 unspecified atom stereocenters. The molecule has 96 valence electrons. The summed E-state index contributed by atoms with van der Waals surface area (Å²) in [6.45, 7) is 1.08. The standard InChI is InChI=1S/C13H17N3O2/c1-17-11-3-4-12(18-2)10(7-11)9-16-6-5-15-13(16)8-14/h3-7H,8-9,14H2,1-2H3. The first-order valence-corrected chi connectivity index (χ1v) is 5.69. The highest BCUT2D eigenvalue weighted by Gasteiger charge is 2.08. The van der Waals surface area contributed by atoms with Gasteiger partial charge in [0.25, 0.3) is 0 Å². The van der Waals surface area contributed by atoms with Gasteiger partial charge in [-0.1, -0.05) is 0 Å². The van der Waals surface area contributed by atoms with Crippen molar-refractivity contribution in [3.63, 3.8) is 0 Å². The molecule has 0 aliphatic carbocycles. The summed E-state index contributed by atoms with van der Waals surface area (Å²) in [5, 5.41) is 0. The number of aromatic nitrogens is 2. The van der Waals surface area contributed by atoms with Crippen molar-refractivity contribution in [3.8, 4) is 11.5 Å². The largest absolute Gasteiger partial charge is 0.497 e. The van der Waals surface area contributed by atoms with Crippen LogP contribution in [0.15, 0.2) is 30.6 Å². The molecule has 5 nitrogen and oxygen atoms in total. The van der Waals surface area contributed by atoms with E-state index in [-0.39, 0.29) is 0 Å². The lowest BCUT2D eigenvalue weighted by molar-refractivity contribution is 0.397. The van der Waals surface area contributed by atoms with Gasteiger partial charge in [0.15, 0.2) is 0 Å². The summed E-state index contributed by atoms with van der Waals surface area (Å²) < 4.78 is 12.6. The Balaban J connectivity index is 2.32. The normalized spacial score (nSPS) is 10.4. The molecule has 5 heteroatoms. The third-order valence-corrected chi connectivity index (χ3v) is 2.81. The smallest absolute Gasteiger partial charge is 0.124 e. The summed E-state index contributed by atoms with van der Waals surface area (Å²) in [6.07, 6.45) is 3.65. The van der Waals surface area contributed by atoms with E-state index in [0.29, 0.717) is 13.1 Å². The zero-order valence-electron chi connectivity index (χ0n) is 10.6. The van der Waals surface area contributed by atoms with Crippen molar-refractivity contribution in [1.82, 2.24) is 9.55 Å². The predicted octanol–water partition coefficient (Wildman–Crippen LogP) is 1.41. The molecule has 0 saturated carbocycles. The molecule has 18 heavy (non-hydrogen) atoms. The summed E-state index contributed by atoms with van der Waals surface area (Å²) in [5.41, 5.74) is 6.67. The molecular weight excluding hydrogens is 230 g/mol. The molecular formula is C13H17N3O2. The molecule has 0 fully saturated rings. The van der Waals surface area contributed by atoms with E-state index in [4.69, 9.17) is 15.2 Å². The van der Waals surface area contributed by atoms with Gasteiger partial charge in [-0.15, -0.1) is 0 Å². The van der Waals surface area contributed by atoms with E-state index in [1.165, 1.54) is 0 Å². The van der Waals surface area contributed by atoms with Gasteiger partial charge in [-0.3, -0.25) is 0 Å². The number of nitrogens with zero attached hydrogens (tertiary/aromatic N) is 2. The van der Waals surface area contributed by atoms with Crippen LogP contribution in [0, 0.1) is 0 Å². The molecule has 1 aromatic carbocycles. The minimum Gasteiger partial charge on any atom is -0.497 e. The SMILES string of the molecule is COc1ccc(OC)c(Cn2ccnc2CN)c1. The molecule has 0 aliphatic rings. The van der Waals surface area contributed by atoms with Crippen LogP contribution in [-0.2, 0) is 13.1 Å². The number of rotatable bonds is 5. The van der Waals surface area contributed by atoms with Gasteiger partial charge < -0.3 is 19.8 Å². The average Bonchev–Trinajstić information content (AvgIpc) is 2.86. The lowest BCUT2D eigenvalue weighted by Gasteiger charge is -2.12. The Morgan fingerprint density at radius 2 is 2.11 bits per heavy atom. The van der Waals surface area contributed by atoms with Gasteiger partial charge in [0.05, 0.1) is 27.3 Å². The van der Waals surface area contributed by atoms with Crippen molar-refractivity contribution in [3.05, 3.63) is 42.0 Å². The fourth-order valence-corrected chi connectivity index (χ4v) is 1.86. The van der Waals surface area contributed by atoms with Gasteiger partial charge in [-0.2, -0.15) is 0 Å². The van der Waals surface area contributed by atoms with Crippen molar-refractivity contribution in [1.29, 1.82) is 0 Å². The number of hydrogen-bond donors (Lipinski definition) is 1. The van der Waals surface area contributed by atoms with Gasteiger partial charge in [0, 0.05) is 18.0 Å². The predicted molar refractivity (Wildman–Crippen MR) is 68.8 cm³/mol. The van der Waals surface area contributed by atoms with Crippen molar-refractivity contribution < 1.29 is 9.47 Å². The van der Waals surface area contributed by atoms with Crippen LogP contribution in [0.25, 0.3) is 0 Å². The third-order valence-electron chi connectivity index (χ3n) is 2.81. The topological polar surface area (TPSA) is 62.3 Å². The van der Waals surface area contributed by atoms with Crippen LogP contribution in [0.4, 0.5) is 0 Å². The molecule has 1 aromatic heterocycles. The number of nitrogens with two attached hydrogens (primary N) is 1. The van der Waals surface area contributed by atoms with Gasteiger partial charge in [-0.25, -0.2) is 4.98 Å². The zero-order chi connectivity index (χ0) is 13.0. The lowest BCUT2D eigenvalue weighted by atomic mass is 10.2. The van der Waals surface area contributed by atoms with E-state index in [0.717, 1.165) is 22.9 Å². The summed E-state index contributed by atoms with van der Waals surface area (Å²) in [7, 11) is 3.30. The van der Waals surface area contributed by atoms with E-state index in [1.54, 1.807) is 20.4 Å². The van der Waals surface area contributed by atoms with Gasteiger partial charge in [0.2, 0.25) is 0 Å². The summed E-state index contributed by atoms with van der Waals surface area (Å²) >= 11 is 0. The average molecular weight is 247 g/mol. The second-order valence-corrected chi connectivity index (χ2v) is 3.85. The van der Waals surface area contributed by atoms with Crippen LogP contribution in [0.2, 0.25) is 0 Å². The summed E-state index contributed by atoms with van der Waals surface area (Å²) in [4.78, 5) is 4.19. The Bertz CT molecular complexity index is 523. The van der Waals surface area contributed by atoms with E-state index >= 15 is 0 Å². The van der Waals surface area contributed by atoms with Crippen molar-refractivity contribution >= 4 is 0 Å². The highest BCUT2D eigenvalue weighted by atomic mass is 16.5. The highest BCUT2D eigenvalue weighted by Crippen LogP contribution is 2.25. The van der Waals surface area contributed by atoms with Crippen molar-refractivity contribution in [2.45, 2.75) is 13.1 Å². The van der Waals surface area contributed by atoms with E-state index in [2.05, 4.69) is 4.98 Å². The van der Waals surface area contributed by atoms with Gasteiger partial charge in [-0.05, 0) is 18.2 Å². The van der Waals surface area contributed by atoms with Crippen LogP contribution in [0.5, 0.6) is 11.5 Å². The van der Waals surface area contributed by atoms with E-state index in [9.17, 15) is 0 Å². The maximum absolute atomic E-state index is 5.64. The number of methoxy groups -OCH3 is 2.